The van der Waals surface area contributed by atoms with Gasteiger partial charge in [0.1, 0.15) is 12.4 Å². The molecule has 2 rings (SSSR count). The number of nitrogens with zero attached hydrogens (tertiary/aromatic N) is 2. The summed E-state index contributed by atoms with van der Waals surface area (Å²) in [5.74, 6) is 2.61. The maximum atomic E-state index is 5.74. The van der Waals surface area contributed by atoms with E-state index in [4.69, 9.17) is 9.47 Å². The summed E-state index contributed by atoms with van der Waals surface area (Å²) in [4.78, 5) is 6.55. The number of guanidine groups is 1. The molecule has 0 radical (unpaired) electrons. The Kier molecular flexibility index (Phi) is 7.89. The van der Waals surface area contributed by atoms with Crippen molar-refractivity contribution < 1.29 is 9.47 Å². The Hall–Kier alpha value is -1.75. The van der Waals surface area contributed by atoms with Gasteiger partial charge in [-0.25, -0.2) is 0 Å². The minimum Gasteiger partial charge on any atom is -0.492 e. The van der Waals surface area contributed by atoms with Gasteiger partial charge in [-0.1, -0.05) is 17.7 Å². The van der Waals surface area contributed by atoms with E-state index in [2.05, 4.69) is 41.3 Å². The highest BCUT2D eigenvalue weighted by molar-refractivity contribution is 5.79. The Bertz CT molecular complexity index is 496. The van der Waals surface area contributed by atoms with Gasteiger partial charge in [0.05, 0.1) is 6.54 Å². The first kappa shape index (κ1) is 18.6. The number of rotatable bonds is 7. The molecule has 134 valence electrons. The molecule has 5 nitrogen and oxygen atoms in total. The van der Waals surface area contributed by atoms with Crippen molar-refractivity contribution >= 4 is 5.96 Å². The maximum Gasteiger partial charge on any atom is 0.193 e. The standard InChI is InChI=1S/C19H31N3O2/c1-16-4-6-18(7-5-16)24-15-11-21-19(20-2)22(3)12-8-17-9-13-23-14-10-17/h4-7,17H,8-15H2,1-3H3,(H,20,21). The van der Waals surface area contributed by atoms with Crippen LogP contribution in [0.2, 0.25) is 0 Å². The fourth-order valence-corrected chi connectivity index (χ4v) is 2.87. The summed E-state index contributed by atoms with van der Waals surface area (Å²) in [5, 5.41) is 3.36. The van der Waals surface area contributed by atoms with Gasteiger partial charge in [-0.2, -0.15) is 0 Å². The molecule has 1 aromatic rings. The monoisotopic (exact) mass is 333 g/mol. The highest BCUT2D eigenvalue weighted by atomic mass is 16.5. The molecule has 1 fully saturated rings. The van der Waals surface area contributed by atoms with E-state index in [1.165, 1.54) is 24.8 Å². The quantitative estimate of drug-likeness (QED) is 0.473. The van der Waals surface area contributed by atoms with Gasteiger partial charge in [0, 0.05) is 33.9 Å². The van der Waals surface area contributed by atoms with E-state index in [1.807, 2.05) is 19.2 Å². The van der Waals surface area contributed by atoms with E-state index in [-0.39, 0.29) is 0 Å². The lowest BCUT2D eigenvalue weighted by molar-refractivity contribution is 0.0625. The van der Waals surface area contributed by atoms with Crippen LogP contribution in [0.3, 0.4) is 0 Å². The summed E-state index contributed by atoms with van der Waals surface area (Å²) >= 11 is 0. The second-order valence-electron chi connectivity index (χ2n) is 6.40. The lowest BCUT2D eigenvalue weighted by Gasteiger charge is -2.26. The van der Waals surface area contributed by atoms with Crippen LogP contribution in [-0.2, 0) is 4.74 Å². The van der Waals surface area contributed by atoms with Crippen LogP contribution < -0.4 is 10.1 Å². The molecule has 0 spiro atoms. The number of aryl methyl sites for hydroxylation is 1. The Morgan fingerprint density at radius 1 is 1.29 bits per heavy atom. The molecule has 5 heteroatoms. The van der Waals surface area contributed by atoms with Crippen LogP contribution in [0.5, 0.6) is 5.75 Å². The summed E-state index contributed by atoms with van der Waals surface area (Å²) in [5.41, 5.74) is 1.24. The third-order valence-electron chi connectivity index (χ3n) is 4.46. The molecule has 0 aliphatic carbocycles. The SMILES string of the molecule is CN=C(NCCOc1ccc(C)cc1)N(C)CCC1CCOCC1. The van der Waals surface area contributed by atoms with E-state index in [0.29, 0.717) is 6.61 Å². The molecule has 0 bridgehead atoms. The molecule has 1 aliphatic rings. The average molecular weight is 333 g/mol. The first-order valence-electron chi connectivity index (χ1n) is 8.88. The number of nitrogens with one attached hydrogen (secondary N) is 1. The van der Waals surface area contributed by atoms with E-state index in [0.717, 1.165) is 43.9 Å². The number of benzene rings is 1. The van der Waals surface area contributed by atoms with Crippen LogP contribution in [0.15, 0.2) is 29.3 Å². The van der Waals surface area contributed by atoms with Gasteiger partial charge in [-0.15, -0.1) is 0 Å². The van der Waals surface area contributed by atoms with E-state index in [9.17, 15) is 0 Å². The predicted molar refractivity (Wildman–Crippen MR) is 98.8 cm³/mol. The molecular formula is C19H31N3O2. The molecule has 0 saturated carbocycles. The summed E-state index contributed by atoms with van der Waals surface area (Å²) in [6.07, 6.45) is 3.56. The molecule has 1 N–H and O–H groups in total. The zero-order valence-electron chi connectivity index (χ0n) is 15.3. The van der Waals surface area contributed by atoms with Crippen molar-refractivity contribution in [1.82, 2.24) is 10.2 Å². The van der Waals surface area contributed by atoms with E-state index in [1.54, 1.807) is 0 Å². The van der Waals surface area contributed by atoms with Crippen LogP contribution in [0.25, 0.3) is 0 Å². The Morgan fingerprint density at radius 2 is 2.00 bits per heavy atom. The van der Waals surface area contributed by atoms with Gasteiger partial charge >= 0.3 is 0 Å². The minimum absolute atomic E-state index is 0.621. The minimum atomic E-state index is 0.621. The summed E-state index contributed by atoms with van der Waals surface area (Å²) in [6.45, 7) is 6.28. The van der Waals surface area contributed by atoms with Crippen LogP contribution in [0.4, 0.5) is 0 Å². The van der Waals surface area contributed by atoms with Crippen molar-refractivity contribution in [2.45, 2.75) is 26.2 Å². The fourth-order valence-electron chi connectivity index (χ4n) is 2.87. The first-order valence-corrected chi connectivity index (χ1v) is 8.88. The Labute approximate surface area is 146 Å². The normalized spacial score (nSPS) is 16.0. The summed E-state index contributed by atoms with van der Waals surface area (Å²) < 4.78 is 11.2. The van der Waals surface area contributed by atoms with Crippen molar-refractivity contribution in [3.8, 4) is 5.75 Å². The fraction of sp³-hybridized carbons (Fsp3) is 0.632. The molecular weight excluding hydrogens is 302 g/mol. The molecule has 24 heavy (non-hydrogen) atoms. The van der Waals surface area contributed by atoms with Gasteiger partial charge in [0.15, 0.2) is 5.96 Å². The summed E-state index contributed by atoms with van der Waals surface area (Å²) in [7, 11) is 3.92. The molecule has 1 saturated heterocycles. The third-order valence-corrected chi connectivity index (χ3v) is 4.46. The molecule has 1 heterocycles. The molecule has 0 unspecified atom stereocenters. The van der Waals surface area contributed by atoms with Gasteiger partial charge in [-0.05, 0) is 44.2 Å². The van der Waals surface area contributed by atoms with Gasteiger partial charge < -0.3 is 19.7 Å². The van der Waals surface area contributed by atoms with Gasteiger partial charge in [-0.3, -0.25) is 4.99 Å². The Balaban J connectivity index is 1.64. The van der Waals surface area contributed by atoms with Gasteiger partial charge in [0.2, 0.25) is 0 Å². The molecule has 1 aliphatic heterocycles. The maximum absolute atomic E-state index is 5.74. The molecule has 1 aromatic carbocycles. The summed E-state index contributed by atoms with van der Waals surface area (Å²) in [6, 6.07) is 8.13. The van der Waals surface area contributed by atoms with E-state index >= 15 is 0 Å². The van der Waals surface area contributed by atoms with E-state index < -0.39 is 0 Å². The molecule has 0 amide bonds. The zero-order valence-corrected chi connectivity index (χ0v) is 15.3. The topological polar surface area (TPSA) is 46.1 Å². The number of aliphatic imine (C=N–C) groups is 1. The molecule has 0 aromatic heterocycles. The van der Waals surface area contributed by atoms with Crippen LogP contribution in [-0.4, -0.2) is 57.9 Å². The van der Waals surface area contributed by atoms with Crippen LogP contribution >= 0.6 is 0 Å². The Morgan fingerprint density at radius 3 is 2.67 bits per heavy atom. The number of ether oxygens (including phenoxy) is 2. The average Bonchev–Trinajstić information content (AvgIpc) is 2.62. The second kappa shape index (κ2) is 10.2. The first-order chi connectivity index (χ1) is 11.7. The lowest BCUT2D eigenvalue weighted by atomic mass is 9.96. The highest BCUT2D eigenvalue weighted by Crippen LogP contribution is 2.18. The number of hydrogen-bond acceptors (Lipinski definition) is 3. The van der Waals surface area contributed by atoms with Gasteiger partial charge in [0.25, 0.3) is 0 Å². The van der Waals surface area contributed by atoms with Crippen LogP contribution in [0.1, 0.15) is 24.8 Å². The largest absolute Gasteiger partial charge is 0.492 e. The van der Waals surface area contributed by atoms with Crippen molar-refractivity contribution in [2.75, 3.05) is 47.0 Å². The van der Waals surface area contributed by atoms with Crippen LogP contribution in [0, 0.1) is 12.8 Å². The number of hydrogen-bond donors (Lipinski definition) is 1. The predicted octanol–water partition coefficient (Wildman–Crippen LogP) is 2.70. The third kappa shape index (κ3) is 6.40. The van der Waals surface area contributed by atoms with Crippen molar-refractivity contribution in [3.63, 3.8) is 0 Å². The lowest BCUT2D eigenvalue weighted by Crippen LogP contribution is -2.41. The second-order valence-corrected chi connectivity index (χ2v) is 6.40. The molecule has 0 atom stereocenters. The zero-order chi connectivity index (χ0) is 17.2. The van der Waals surface area contributed by atoms with Crippen molar-refractivity contribution in [3.05, 3.63) is 29.8 Å². The van der Waals surface area contributed by atoms with Crippen molar-refractivity contribution in [2.24, 2.45) is 10.9 Å². The smallest absolute Gasteiger partial charge is 0.193 e. The van der Waals surface area contributed by atoms with Crippen molar-refractivity contribution in [1.29, 1.82) is 0 Å². The highest BCUT2D eigenvalue weighted by Gasteiger charge is 2.15.